The zero-order valence-corrected chi connectivity index (χ0v) is 29.7. The Balaban J connectivity index is 1.82. The van der Waals surface area contributed by atoms with Gasteiger partial charge in [-0.15, -0.1) is 0 Å². The molecule has 1 N–H and O–H groups in total. The van der Waals surface area contributed by atoms with E-state index < -0.39 is 28.5 Å². The maximum atomic E-state index is 14.5. The van der Waals surface area contributed by atoms with Gasteiger partial charge in [0, 0.05) is 24.0 Å². The van der Waals surface area contributed by atoms with Crippen LogP contribution in [0.4, 0.5) is 5.69 Å². The van der Waals surface area contributed by atoms with Gasteiger partial charge in [0.1, 0.15) is 12.6 Å². The first-order chi connectivity index (χ1) is 21.8. The SMILES string of the molecule is Cc1ccc(S(=O)(=O)N(CC(=O)N(Cc2cccc(Br)c2)C(Cc2ccccc2)C(=O)NCC(C)C)c2ccc(Cl)c(Cl)c2)cc1. The molecule has 1 unspecified atom stereocenters. The fourth-order valence-electron chi connectivity index (χ4n) is 4.81. The molecule has 0 aliphatic rings. The number of amides is 2. The third kappa shape index (κ3) is 9.35. The predicted octanol–water partition coefficient (Wildman–Crippen LogP) is 7.67. The van der Waals surface area contributed by atoms with Gasteiger partial charge in [-0.05, 0) is 66.4 Å². The highest BCUT2D eigenvalue weighted by atomic mass is 79.9. The van der Waals surface area contributed by atoms with Crippen LogP contribution in [-0.4, -0.2) is 44.3 Å². The van der Waals surface area contributed by atoms with E-state index in [9.17, 15) is 18.0 Å². The molecule has 11 heteroatoms. The molecule has 4 rings (SSSR count). The number of nitrogens with zero attached hydrogens (tertiary/aromatic N) is 2. The topological polar surface area (TPSA) is 86.8 Å². The van der Waals surface area contributed by atoms with Crippen LogP contribution in [0, 0.1) is 12.8 Å². The van der Waals surface area contributed by atoms with Crippen LogP contribution in [0.5, 0.6) is 0 Å². The monoisotopic (exact) mass is 743 g/mol. The molecule has 4 aromatic rings. The molecule has 0 aliphatic carbocycles. The molecule has 0 heterocycles. The lowest BCUT2D eigenvalue weighted by molar-refractivity contribution is -0.140. The molecule has 0 bridgehead atoms. The Morgan fingerprint density at radius 3 is 2.15 bits per heavy atom. The van der Waals surface area contributed by atoms with Crippen LogP contribution in [0.1, 0.15) is 30.5 Å². The summed E-state index contributed by atoms with van der Waals surface area (Å²) in [6.07, 6.45) is 0.224. The first-order valence-electron chi connectivity index (χ1n) is 14.7. The van der Waals surface area contributed by atoms with Crippen molar-refractivity contribution < 1.29 is 18.0 Å². The number of sulfonamides is 1. The summed E-state index contributed by atoms with van der Waals surface area (Å²) in [4.78, 5) is 29.9. The molecule has 0 aromatic heterocycles. The largest absolute Gasteiger partial charge is 0.354 e. The Kier molecular flexibility index (Phi) is 12.3. The molecule has 46 heavy (non-hydrogen) atoms. The number of nitrogens with one attached hydrogen (secondary N) is 1. The molecule has 4 aromatic carbocycles. The number of aryl methyl sites for hydroxylation is 1. The summed E-state index contributed by atoms with van der Waals surface area (Å²) in [5, 5.41) is 3.37. The molecule has 0 aliphatic heterocycles. The fraction of sp³-hybridized carbons (Fsp3) is 0.257. The average Bonchev–Trinajstić information content (AvgIpc) is 3.02. The molecule has 0 fully saturated rings. The number of benzene rings is 4. The molecule has 0 saturated heterocycles. The van der Waals surface area contributed by atoms with Crippen molar-refractivity contribution in [3.63, 3.8) is 0 Å². The summed E-state index contributed by atoms with van der Waals surface area (Å²) < 4.78 is 30.2. The molecule has 0 radical (unpaired) electrons. The molecule has 1 atom stereocenters. The van der Waals surface area contributed by atoms with Gasteiger partial charge in [0.15, 0.2) is 0 Å². The van der Waals surface area contributed by atoms with E-state index in [1.807, 2.05) is 75.4 Å². The Bertz CT molecular complexity index is 1770. The van der Waals surface area contributed by atoms with Gasteiger partial charge < -0.3 is 10.2 Å². The maximum Gasteiger partial charge on any atom is 0.264 e. The van der Waals surface area contributed by atoms with E-state index in [1.54, 1.807) is 12.1 Å². The van der Waals surface area contributed by atoms with Gasteiger partial charge in [-0.3, -0.25) is 13.9 Å². The van der Waals surface area contributed by atoms with Gasteiger partial charge in [0.05, 0.1) is 20.6 Å². The number of carbonyl (C=O) groups excluding carboxylic acids is 2. The summed E-state index contributed by atoms with van der Waals surface area (Å²) >= 11 is 16.0. The normalized spacial score (nSPS) is 12.1. The van der Waals surface area contributed by atoms with Crippen LogP contribution in [0.3, 0.4) is 0 Å². The van der Waals surface area contributed by atoms with Crippen LogP contribution in [0.25, 0.3) is 0 Å². The lowest BCUT2D eigenvalue weighted by Crippen LogP contribution is -2.53. The van der Waals surface area contributed by atoms with Gasteiger partial charge in [-0.2, -0.15) is 0 Å². The lowest BCUT2D eigenvalue weighted by Gasteiger charge is -2.34. The summed E-state index contributed by atoms with van der Waals surface area (Å²) in [5.74, 6) is -0.717. The quantitative estimate of drug-likeness (QED) is 0.152. The minimum atomic E-state index is -4.26. The van der Waals surface area contributed by atoms with Gasteiger partial charge in [-0.25, -0.2) is 8.42 Å². The minimum absolute atomic E-state index is 0.00558. The highest BCUT2D eigenvalue weighted by Crippen LogP contribution is 2.31. The molecule has 0 spiro atoms. The third-order valence-corrected chi connectivity index (χ3v) is 10.3. The smallest absolute Gasteiger partial charge is 0.264 e. The van der Waals surface area contributed by atoms with E-state index >= 15 is 0 Å². The second-order valence-corrected chi connectivity index (χ2v) is 15.0. The Labute approximate surface area is 289 Å². The maximum absolute atomic E-state index is 14.5. The first-order valence-corrected chi connectivity index (χ1v) is 17.7. The van der Waals surface area contributed by atoms with Crippen LogP contribution < -0.4 is 9.62 Å². The van der Waals surface area contributed by atoms with Crippen molar-refractivity contribution in [2.24, 2.45) is 5.92 Å². The molecule has 7 nitrogen and oxygen atoms in total. The Morgan fingerprint density at radius 2 is 1.52 bits per heavy atom. The summed E-state index contributed by atoms with van der Waals surface area (Å²) in [5.41, 5.74) is 2.66. The standard InChI is InChI=1S/C35H36BrCl2N3O4S/c1-24(2)21-39-35(43)33(19-26-8-5-4-6-9-26)40(22-27-10-7-11-28(36)18-27)34(42)23-41(29-14-17-31(37)32(38)20-29)46(44,45)30-15-12-25(3)13-16-30/h4-18,20,24,33H,19,21-23H2,1-3H3,(H,39,43). The van der Waals surface area contributed by atoms with Gasteiger partial charge in [0.25, 0.3) is 10.0 Å². The van der Waals surface area contributed by atoms with Gasteiger partial charge in [-0.1, -0.05) is 113 Å². The number of carbonyl (C=O) groups is 2. The van der Waals surface area contributed by atoms with Crippen molar-refractivity contribution >= 4 is 66.7 Å². The summed E-state index contributed by atoms with van der Waals surface area (Å²) in [6.45, 7) is 5.72. The Hall–Kier alpha value is -3.37. The molecular weight excluding hydrogens is 709 g/mol. The van der Waals surface area contributed by atoms with Crippen molar-refractivity contribution in [3.05, 3.63) is 128 Å². The number of anilines is 1. The number of hydrogen-bond acceptors (Lipinski definition) is 4. The molecule has 0 saturated carbocycles. The first kappa shape index (κ1) is 35.5. The Morgan fingerprint density at radius 1 is 0.848 bits per heavy atom. The zero-order chi connectivity index (χ0) is 33.4. The van der Waals surface area contributed by atoms with E-state index in [0.29, 0.717) is 6.54 Å². The predicted molar refractivity (Wildman–Crippen MR) is 189 cm³/mol. The van der Waals surface area contributed by atoms with Crippen LogP contribution in [0.15, 0.2) is 106 Å². The van der Waals surface area contributed by atoms with Crippen molar-refractivity contribution in [1.82, 2.24) is 10.2 Å². The van der Waals surface area contributed by atoms with Crippen LogP contribution in [0.2, 0.25) is 10.0 Å². The number of hydrogen-bond donors (Lipinski definition) is 1. The highest BCUT2D eigenvalue weighted by Gasteiger charge is 2.35. The van der Waals surface area contributed by atoms with Crippen molar-refractivity contribution in [2.75, 3.05) is 17.4 Å². The van der Waals surface area contributed by atoms with Crippen LogP contribution in [-0.2, 0) is 32.6 Å². The van der Waals surface area contributed by atoms with Crippen molar-refractivity contribution in [2.45, 2.75) is 44.7 Å². The zero-order valence-electron chi connectivity index (χ0n) is 25.8. The molecule has 242 valence electrons. The number of rotatable bonds is 13. The fourth-order valence-corrected chi connectivity index (χ4v) is 6.96. The molecule has 2 amide bonds. The van der Waals surface area contributed by atoms with E-state index in [0.717, 1.165) is 25.5 Å². The lowest BCUT2D eigenvalue weighted by atomic mass is 10.0. The van der Waals surface area contributed by atoms with Crippen molar-refractivity contribution in [1.29, 1.82) is 0 Å². The summed E-state index contributed by atoms with van der Waals surface area (Å²) in [7, 11) is -4.26. The third-order valence-electron chi connectivity index (χ3n) is 7.28. The second kappa shape index (κ2) is 16.0. The molecular formula is C35H36BrCl2N3O4S. The van der Waals surface area contributed by atoms with E-state index in [-0.39, 0.29) is 45.4 Å². The number of halogens is 3. The average molecular weight is 746 g/mol. The highest BCUT2D eigenvalue weighted by molar-refractivity contribution is 9.10. The minimum Gasteiger partial charge on any atom is -0.354 e. The van der Waals surface area contributed by atoms with E-state index in [1.165, 1.54) is 35.2 Å². The van der Waals surface area contributed by atoms with Crippen LogP contribution >= 0.6 is 39.1 Å². The van der Waals surface area contributed by atoms with Gasteiger partial charge in [0.2, 0.25) is 11.8 Å². The van der Waals surface area contributed by atoms with E-state index in [2.05, 4.69) is 21.2 Å². The van der Waals surface area contributed by atoms with Crippen molar-refractivity contribution in [3.8, 4) is 0 Å². The second-order valence-electron chi connectivity index (χ2n) is 11.4. The van der Waals surface area contributed by atoms with E-state index in [4.69, 9.17) is 23.2 Å². The summed E-state index contributed by atoms with van der Waals surface area (Å²) in [6, 6.07) is 26.7. The van der Waals surface area contributed by atoms with Gasteiger partial charge >= 0.3 is 0 Å².